The SMILES string of the molecule is CC(=CC#N)NC(=O)c1ccccc1Cl. The number of nitriles is 1. The molecule has 0 aromatic heterocycles. The van der Waals surface area contributed by atoms with Crippen molar-refractivity contribution >= 4 is 17.5 Å². The summed E-state index contributed by atoms with van der Waals surface area (Å²) in [7, 11) is 0. The number of amides is 1. The van der Waals surface area contributed by atoms with Gasteiger partial charge >= 0.3 is 0 Å². The predicted molar refractivity (Wildman–Crippen MR) is 58.3 cm³/mol. The maximum Gasteiger partial charge on any atom is 0.256 e. The monoisotopic (exact) mass is 220 g/mol. The second kappa shape index (κ2) is 5.18. The van der Waals surface area contributed by atoms with Gasteiger partial charge in [-0.25, -0.2) is 0 Å². The van der Waals surface area contributed by atoms with Gasteiger partial charge in [0.15, 0.2) is 0 Å². The van der Waals surface area contributed by atoms with Crippen LogP contribution in [0, 0.1) is 11.3 Å². The van der Waals surface area contributed by atoms with Crippen LogP contribution in [0.4, 0.5) is 0 Å². The van der Waals surface area contributed by atoms with Gasteiger partial charge in [0.1, 0.15) is 0 Å². The van der Waals surface area contributed by atoms with Crippen LogP contribution in [-0.4, -0.2) is 5.91 Å². The van der Waals surface area contributed by atoms with E-state index in [4.69, 9.17) is 16.9 Å². The lowest BCUT2D eigenvalue weighted by molar-refractivity contribution is 0.0966. The first-order chi connectivity index (χ1) is 7.15. The van der Waals surface area contributed by atoms with Crippen LogP contribution in [0.1, 0.15) is 17.3 Å². The van der Waals surface area contributed by atoms with E-state index in [-0.39, 0.29) is 5.91 Å². The quantitative estimate of drug-likeness (QED) is 0.779. The molecule has 0 bridgehead atoms. The van der Waals surface area contributed by atoms with E-state index in [0.717, 1.165) is 0 Å². The molecule has 0 heterocycles. The van der Waals surface area contributed by atoms with E-state index in [0.29, 0.717) is 16.3 Å². The Morgan fingerprint density at radius 1 is 1.53 bits per heavy atom. The average Bonchev–Trinajstić information content (AvgIpc) is 2.18. The Morgan fingerprint density at radius 3 is 2.80 bits per heavy atom. The topological polar surface area (TPSA) is 52.9 Å². The molecule has 3 nitrogen and oxygen atoms in total. The second-order valence-electron chi connectivity index (χ2n) is 2.89. The smallest absolute Gasteiger partial charge is 0.256 e. The van der Waals surface area contributed by atoms with Gasteiger partial charge in [-0.1, -0.05) is 23.7 Å². The maximum absolute atomic E-state index is 11.6. The van der Waals surface area contributed by atoms with Crippen molar-refractivity contribution in [2.45, 2.75) is 6.92 Å². The molecule has 0 unspecified atom stereocenters. The predicted octanol–water partition coefficient (Wildman–Crippen LogP) is 2.50. The molecule has 0 fully saturated rings. The largest absolute Gasteiger partial charge is 0.325 e. The Balaban J connectivity index is 2.84. The Labute approximate surface area is 93.0 Å². The summed E-state index contributed by atoms with van der Waals surface area (Å²) in [6.07, 6.45) is 1.26. The molecular weight excluding hydrogens is 212 g/mol. The highest BCUT2D eigenvalue weighted by molar-refractivity contribution is 6.33. The molecule has 15 heavy (non-hydrogen) atoms. The van der Waals surface area contributed by atoms with Crippen molar-refractivity contribution in [1.82, 2.24) is 5.32 Å². The van der Waals surface area contributed by atoms with Crippen LogP contribution in [-0.2, 0) is 0 Å². The van der Waals surface area contributed by atoms with Gasteiger partial charge in [0, 0.05) is 11.8 Å². The van der Waals surface area contributed by atoms with E-state index in [1.54, 1.807) is 31.2 Å². The second-order valence-corrected chi connectivity index (χ2v) is 3.30. The summed E-state index contributed by atoms with van der Waals surface area (Å²) in [5.74, 6) is -0.315. The fraction of sp³-hybridized carbons (Fsp3) is 0.0909. The lowest BCUT2D eigenvalue weighted by atomic mass is 10.2. The van der Waals surface area contributed by atoms with Gasteiger partial charge in [0.25, 0.3) is 5.91 Å². The van der Waals surface area contributed by atoms with Crippen LogP contribution in [0.2, 0.25) is 5.02 Å². The van der Waals surface area contributed by atoms with Crippen molar-refractivity contribution in [1.29, 1.82) is 5.26 Å². The number of allylic oxidation sites excluding steroid dienone is 2. The maximum atomic E-state index is 11.6. The van der Waals surface area contributed by atoms with Gasteiger partial charge in [-0.15, -0.1) is 0 Å². The summed E-state index contributed by atoms with van der Waals surface area (Å²) >= 11 is 5.83. The Morgan fingerprint density at radius 2 is 2.20 bits per heavy atom. The van der Waals surface area contributed by atoms with Gasteiger partial charge in [-0.2, -0.15) is 5.26 Å². The third-order valence-corrected chi connectivity index (χ3v) is 2.04. The number of nitrogens with one attached hydrogen (secondary N) is 1. The van der Waals surface area contributed by atoms with E-state index in [1.165, 1.54) is 6.08 Å². The zero-order valence-electron chi connectivity index (χ0n) is 8.12. The molecule has 4 heteroatoms. The number of rotatable bonds is 2. The van der Waals surface area contributed by atoms with Crippen molar-refractivity contribution < 1.29 is 4.79 Å². The first-order valence-electron chi connectivity index (χ1n) is 4.27. The van der Waals surface area contributed by atoms with Crippen LogP contribution >= 0.6 is 11.6 Å². The van der Waals surface area contributed by atoms with E-state index < -0.39 is 0 Å². The summed E-state index contributed by atoms with van der Waals surface area (Å²) in [5.41, 5.74) is 0.882. The van der Waals surface area contributed by atoms with Crippen molar-refractivity contribution in [3.8, 4) is 6.07 Å². The molecule has 0 aliphatic rings. The van der Waals surface area contributed by atoms with E-state index in [1.807, 2.05) is 6.07 Å². The normalized spacial score (nSPS) is 10.6. The first-order valence-corrected chi connectivity index (χ1v) is 4.65. The number of hydrogen-bond donors (Lipinski definition) is 1. The minimum Gasteiger partial charge on any atom is -0.325 e. The minimum atomic E-state index is -0.315. The lowest BCUT2D eigenvalue weighted by Crippen LogP contribution is -2.21. The molecule has 0 saturated heterocycles. The fourth-order valence-corrected chi connectivity index (χ4v) is 1.25. The number of carbonyl (C=O) groups is 1. The van der Waals surface area contributed by atoms with Gasteiger partial charge in [0.05, 0.1) is 16.7 Å². The Hall–Kier alpha value is -1.79. The highest BCUT2D eigenvalue weighted by Crippen LogP contribution is 2.14. The minimum absolute atomic E-state index is 0.315. The highest BCUT2D eigenvalue weighted by Gasteiger charge is 2.08. The van der Waals surface area contributed by atoms with Crippen LogP contribution in [0.3, 0.4) is 0 Å². The summed E-state index contributed by atoms with van der Waals surface area (Å²) in [4.78, 5) is 11.6. The highest BCUT2D eigenvalue weighted by atomic mass is 35.5. The molecular formula is C11H9ClN2O. The van der Waals surface area contributed by atoms with Crippen molar-refractivity contribution in [3.05, 3.63) is 46.6 Å². The van der Waals surface area contributed by atoms with Crippen molar-refractivity contribution in [2.24, 2.45) is 0 Å². The molecule has 76 valence electrons. The van der Waals surface area contributed by atoms with Crippen LogP contribution in [0.25, 0.3) is 0 Å². The number of benzene rings is 1. The molecule has 1 N–H and O–H groups in total. The molecule has 0 aliphatic carbocycles. The Bertz CT molecular complexity index is 446. The van der Waals surface area contributed by atoms with E-state index in [9.17, 15) is 4.79 Å². The lowest BCUT2D eigenvalue weighted by Gasteiger charge is -2.05. The molecule has 1 aromatic rings. The number of nitrogens with zero attached hydrogens (tertiary/aromatic N) is 1. The molecule has 0 atom stereocenters. The van der Waals surface area contributed by atoms with Crippen molar-refractivity contribution in [2.75, 3.05) is 0 Å². The summed E-state index contributed by atoms with van der Waals surface area (Å²) < 4.78 is 0. The molecule has 1 amide bonds. The summed E-state index contributed by atoms with van der Waals surface area (Å²) in [6.45, 7) is 1.64. The van der Waals surface area contributed by atoms with Crippen LogP contribution in [0.15, 0.2) is 36.0 Å². The molecule has 0 radical (unpaired) electrons. The molecule has 1 rings (SSSR count). The Kier molecular flexibility index (Phi) is 3.90. The molecule has 0 spiro atoms. The summed E-state index contributed by atoms with van der Waals surface area (Å²) in [5, 5.41) is 11.3. The molecule has 0 aliphatic heterocycles. The molecule has 0 saturated carbocycles. The number of hydrogen-bond acceptors (Lipinski definition) is 2. The van der Waals surface area contributed by atoms with E-state index >= 15 is 0 Å². The van der Waals surface area contributed by atoms with Gasteiger partial charge in [0.2, 0.25) is 0 Å². The summed E-state index contributed by atoms with van der Waals surface area (Å²) in [6, 6.07) is 8.56. The zero-order chi connectivity index (χ0) is 11.3. The molecule has 1 aromatic carbocycles. The van der Waals surface area contributed by atoms with Crippen LogP contribution in [0.5, 0.6) is 0 Å². The third kappa shape index (κ3) is 3.12. The van der Waals surface area contributed by atoms with E-state index in [2.05, 4.69) is 5.32 Å². The number of carbonyl (C=O) groups excluding carboxylic acids is 1. The standard InChI is InChI=1S/C11H9ClN2O/c1-8(6-7-13)14-11(15)9-4-2-3-5-10(9)12/h2-6H,1H3,(H,14,15). The van der Waals surface area contributed by atoms with Gasteiger partial charge in [-0.05, 0) is 19.1 Å². The van der Waals surface area contributed by atoms with Gasteiger partial charge in [-0.3, -0.25) is 4.79 Å². The average molecular weight is 221 g/mol. The van der Waals surface area contributed by atoms with Gasteiger partial charge < -0.3 is 5.32 Å². The fourth-order valence-electron chi connectivity index (χ4n) is 1.02. The van der Waals surface area contributed by atoms with Crippen LogP contribution < -0.4 is 5.32 Å². The third-order valence-electron chi connectivity index (χ3n) is 1.71. The van der Waals surface area contributed by atoms with Crippen molar-refractivity contribution in [3.63, 3.8) is 0 Å². The zero-order valence-corrected chi connectivity index (χ0v) is 8.88. The number of halogens is 1. The first kappa shape index (κ1) is 11.3.